The molecule has 1 aromatic heterocycles. The first-order chi connectivity index (χ1) is 6.47. The van der Waals surface area contributed by atoms with Gasteiger partial charge in [-0.15, -0.1) is 6.42 Å². The lowest BCUT2D eigenvalue weighted by Crippen LogP contribution is -2.14. The zero-order chi connectivity index (χ0) is 10.8. The Balaban J connectivity index is 3.14. The van der Waals surface area contributed by atoms with E-state index < -0.39 is 0 Å². The third kappa shape index (κ3) is 2.14. The van der Waals surface area contributed by atoms with Crippen LogP contribution in [-0.2, 0) is 5.41 Å². The minimum atomic E-state index is -0.224. The van der Waals surface area contributed by atoms with E-state index in [0.29, 0.717) is 5.92 Å². The van der Waals surface area contributed by atoms with Crippen LogP contribution in [0.25, 0.3) is 0 Å². The number of nitrogens with zero attached hydrogens (tertiary/aromatic N) is 1. The summed E-state index contributed by atoms with van der Waals surface area (Å²) in [6.07, 6.45) is 9.24. The fourth-order valence-corrected chi connectivity index (χ4v) is 1.20. The zero-order valence-electron chi connectivity index (χ0n) is 9.33. The van der Waals surface area contributed by atoms with E-state index in [0.717, 1.165) is 5.56 Å². The summed E-state index contributed by atoms with van der Waals surface area (Å²) >= 11 is 0. The van der Waals surface area contributed by atoms with Crippen molar-refractivity contribution < 1.29 is 0 Å². The predicted molar refractivity (Wildman–Crippen MR) is 60.2 cm³/mol. The SMILES string of the molecule is C#CC(C)(C)c1cncc(C(C)C)c1. The van der Waals surface area contributed by atoms with Crippen molar-refractivity contribution in [3.63, 3.8) is 0 Å². The van der Waals surface area contributed by atoms with E-state index in [2.05, 4.69) is 30.8 Å². The van der Waals surface area contributed by atoms with Crippen LogP contribution in [0.4, 0.5) is 0 Å². The lowest BCUT2D eigenvalue weighted by Gasteiger charge is -2.18. The first kappa shape index (κ1) is 10.8. The maximum absolute atomic E-state index is 5.49. The van der Waals surface area contributed by atoms with Gasteiger partial charge in [-0.2, -0.15) is 0 Å². The third-order valence-corrected chi connectivity index (χ3v) is 2.51. The molecule has 0 saturated heterocycles. The van der Waals surface area contributed by atoms with E-state index >= 15 is 0 Å². The highest BCUT2D eigenvalue weighted by Crippen LogP contribution is 2.24. The van der Waals surface area contributed by atoms with E-state index in [9.17, 15) is 0 Å². The average Bonchev–Trinajstić information content (AvgIpc) is 2.18. The highest BCUT2D eigenvalue weighted by Gasteiger charge is 2.18. The van der Waals surface area contributed by atoms with Gasteiger partial charge in [0.1, 0.15) is 0 Å². The second-order valence-electron chi connectivity index (χ2n) is 4.43. The second-order valence-corrected chi connectivity index (χ2v) is 4.43. The lowest BCUT2D eigenvalue weighted by atomic mass is 9.85. The van der Waals surface area contributed by atoms with Crippen molar-refractivity contribution in [2.75, 3.05) is 0 Å². The fraction of sp³-hybridized carbons (Fsp3) is 0.462. The first-order valence-corrected chi connectivity index (χ1v) is 4.90. The first-order valence-electron chi connectivity index (χ1n) is 4.90. The summed E-state index contributed by atoms with van der Waals surface area (Å²) in [5.74, 6) is 3.28. The number of hydrogen-bond donors (Lipinski definition) is 0. The van der Waals surface area contributed by atoms with Crippen LogP contribution in [0.2, 0.25) is 0 Å². The topological polar surface area (TPSA) is 12.9 Å². The molecular formula is C13H17N. The Bertz CT molecular complexity index is 356. The van der Waals surface area contributed by atoms with Gasteiger partial charge in [0.15, 0.2) is 0 Å². The Labute approximate surface area is 86.6 Å². The summed E-state index contributed by atoms with van der Waals surface area (Å²) in [4.78, 5) is 4.22. The monoisotopic (exact) mass is 187 g/mol. The predicted octanol–water partition coefficient (Wildman–Crippen LogP) is 3.12. The molecule has 1 heterocycles. The average molecular weight is 187 g/mol. The molecule has 0 N–H and O–H groups in total. The Morgan fingerprint density at radius 3 is 2.50 bits per heavy atom. The van der Waals surface area contributed by atoms with Crippen molar-refractivity contribution in [2.45, 2.75) is 39.0 Å². The molecule has 0 fully saturated rings. The van der Waals surface area contributed by atoms with Crippen molar-refractivity contribution in [3.05, 3.63) is 29.6 Å². The zero-order valence-corrected chi connectivity index (χ0v) is 9.33. The molecule has 0 aliphatic rings. The molecule has 0 bridgehead atoms. The van der Waals surface area contributed by atoms with E-state index in [4.69, 9.17) is 6.42 Å². The van der Waals surface area contributed by atoms with Crippen LogP contribution in [0, 0.1) is 12.3 Å². The van der Waals surface area contributed by atoms with Crippen molar-refractivity contribution in [1.29, 1.82) is 0 Å². The van der Waals surface area contributed by atoms with Gasteiger partial charge in [0.25, 0.3) is 0 Å². The van der Waals surface area contributed by atoms with Gasteiger partial charge in [0.2, 0.25) is 0 Å². The smallest absolute Gasteiger partial charge is 0.0519 e. The van der Waals surface area contributed by atoms with Gasteiger partial charge in [-0.25, -0.2) is 0 Å². The maximum atomic E-state index is 5.49. The van der Waals surface area contributed by atoms with E-state index in [-0.39, 0.29) is 5.41 Å². The van der Waals surface area contributed by atoms with Crippen LogP contribution in [0.1, 0.15) is 44.7 Å². The normalized spacial score (nSPS) is 11.4. The molecule has 1 heteroatoms. The van der Waals surface area contributed by atoms with Crippen LogP contribution in [0.5, 0.6) is 0 Å². The Morgan fingerprint density at radius 1 is 1.36 bits per heavy atom. The van der Waals surface area contributed by atoms with E-state index in [1.54, 1.807) is 0 Å². The fourth-order valence-electron chi connectivity index (χ4n) is 1.20. The van der Waals surface area contributed by atoms with Gasteiger partial charge >= 0.3 is 0 Å². The summed E-state index contributed by atoms with van der Waals surface area (Å²) in [7, 11) is 0. The number of terminal acetylenes is 1. The van der Waals surface area contributed by atoms with Gasteiger partial charge in [-0.05, 0) is 30.9 Å². The molecule has 0 aliphatic heterocycles. The van der Waals surface area contributed by atoms with Crippen molar-refractivity contribution in [2.24, 2.45) is 0 Å². The number of rotatable bonds is 2. The Hall–Kier alpha value is -1.29. The molecule has 14 heavy (non-hydrogen) atoms. The standard InChI is InChI=1S/C13H17N/c1-6-13(4,5)12-7-11(10(2)3)8-14-9-12/h1,7-10H,2-5H3. The quantitative estimate of drug-likeness (QED) is 0.648. The molecule has 0 radical (unpaired) electrons. The number of pyridine rings is 1. The highest BCUT2D eigenvalue weighted by atomic mass is 14.6. The molecule has 0 saturated carbocycles. The van der Waals surface area contributed by atoms with Crippen molar-refractivity contribution in [3.8, 4) is 12.3 Å². The Morgan fingerprint density at radius 2 is 2.00 bits per heavy atom. The van der Waals surface area contributed by atoms with Crippen molar-refractivity contribution >= 4 is 0 Å². The minimum Gasteiger partial charge on any atom is -0.264 e. The van der Waals surface area contributed by atoms with Gasteiger partial charge in [0, 0.05) is 12.4 Å². The number of aromatic nitrogens is 1. The molecule has 0 unspecified atom stereocenters. The van der Waals surface area contributed by atoms with Crippen LogP contribution in [0.3, 0.4) is 0 Å². The molecule has 0 aromatic carbocycles. The molecule has 0 spiro atoms. The molecule has 74 valence electrons. The van der Waals surface area contributed by atoms with Crippen LogP contribution >= 0.6 is 0 Å². The minimum absolute atomic E-state index is 0.224. The molecule has 0 amide bonds. The third-order valence-electron chi connectivity index (χ3n) is 2.51. The number of hydrogen-bond acceptors (Lipinski definition) is 1. The summed E-state index contributed by atoms with van der Waals surface area (Å²) in [6.45, 7) is 8.38. The molecule has 0 aliphatic carbocycles. The largest absolute Gasteiger partial charge is 0.264 e. The van der Waals surface area contributed by atoms with Crippen LogP contribution < -0.4 is 0 Å². The maximum Gasteiger partial charge on any atom is 0.0519 e. The summed E-state index contributed by atoms with van der Waals surface area (Å²) < 4.78 is 0. The van der Waals surface area contributed by atoms with Gasteiger partial charge < -0.3 is 0 Å². The summed E-state index contributed by atoms with van der Waals surface area (Å²) in [5.41, 5.74) is 2.13. The second kappa shape index (κ2) is 3.84. The summed E-state index contributed by atoms with van der Waals surface area (Å²) in [5, 5.41) is 0. The van der Waals surface area contributed by atoms with Crippen molar-refractivity contribution in [1.82, 2.24) is 4.98 Å². The molecule has 1 nitrogen and oxygen atoms in total. The van der Waals surface area contributed by atoms with E-state index in [1.807, 2.05) is 26.2 Å². The molecular weight excluding hydrogens is 170 g/mol. The van der Waals surface area contributed by atoms with Gasteiger partial charge in [0.05, 0.1) is 5.41 Å². The lowest BCUT2D eigenvalue weighted by molar-refractivity contribution is 0.689. The molecule has 1 aromatic rings. The van der Waals surface area contributed by atoms with Crippen LogP contribution in [-0.4, -0.2) is 4.98 Å². The molecule has 0 atom stereocenters. The van der Waals surface area contributed by atoms with E-state index in [1.165, 1.54) is 5.56 Å². The Kier molecular flexibility index (Phi) is 2.96. The van der Waals surface area contributed by atoms with Crippen LogP contribution in [0.15, 0.2) is 18.5 Å². The van der Waals surface area contributed by atoms with Gasteiger partial charge in [-0.1, -0.05) is 25.8 Å². The highest BCUT2D eigenvalue weighted by molar-refractivity contribution is 5.33. The molecule has 1 rings (SSSR count). The van der Waals surface area contributed by atoms with Gasteiger partial charge in [-0.3, -0.25) is 4.98 Å². The summed E-state index contributed by atoms with van der Waals surface area (Å²) in [6, 6.07) is 2.15.